The zero-order chi connectivity index (χ0) is 17.2. The Hall–Kier alpha value is -2.05. The molecule has 1 aliphatic heterocycles. The van der Waals surface area contributed by atoms with Crippen molar-refractivity contribution in [3.63, 3.8) is 0 Å². The monoisotopic (exact) mass is 346 g/mol. The molecule has 6 heteroatoms. The zero-order valence-corrected chi connectivity index (χ0v) is 14.5. The third-order valence-corrected chi connectivity index (χ3v) is 5.44. The molecule has 24 heavy (non-hydrogen) atoms. The number of nitrogens with zero attached hydrogens (tertiary/aromatic N) is 2. The van der Waals surface area contributed by atoms with E-state index in [4.69, 9.17) is 0 Å². The van der Waals surface area contributed by atoms with Crippen LogP contribution in [0.5, 0.6) is 5.75 Å². The van der Waals surface area contributed by atoms with Gasteiger partial charge in [0, 0.05) is 39.0 Å². The predicted octanol–water partition coefficient (Wildman–Crippen LogP) is 2.12. The fourth-order valence-corrected chi connectivity index (χ4v) is 3.99. The van der Waals surface area contributed by atoms with Crippen molar-refractivity contribution in [2.75, 3.05) is 37.3 Å². The molecule has 1 saturated heterocycles. The summed E-state index contributed by atoms with van der Waals surface area (Å²) in [5.41, 5.74) is 1.87. The van der Waals surface area contributed by atoms with Crippen molar-refractivity contribution in [3.8, 4) is 5.75 Å². The number of phenolic OH excluding ortho intramolecular Hbond substituents is 1. The maximum Gasteiger partial charge on any atom is 0.177 e. The number of aromatic hydroxyl groups is 1. The van der Waals surface area contributed by atoms with Gasteiger partial charge in [0.25, 0.3) is 0 Å². The number of hydrogen-bond acceptors (Lipinski definition) is 5. The number of anilines is 1. The Balaban J connectivity index is 1.68. The summed E-state index contributed by atoms with van der Waals surface area (Å²) in [6.07, 6.45) is 1.25. The van der Waals surface area contributed by atoms with Crippen molar-refractivity contribution in [2.45, 2.75) is 11.4 Å². The van der Waals surface area contributed by atoms with Crippen molar-refractivity contribution in [1.29, 1.82) is 0 Å². The van der Waals surface area contributed by atoms with Crippen molar-refractivity contribution < 1.29 is 13.5 Å². The quantitative estimate of drug-likeness (QED) is 0.919. The van der Waals surface area contributed by atoms with Gasteiger partial charge in [0.1, 0.15) is 5.75 Å². The summed E-state index contributed by atoms with van der Waals surface area (Å²) in [4.78, 5) is 4.84. The normalized spacial score (nSPS) is 16.3. The van der Waals surface area contributed by atoms with E-state index in [0.717, 1.165) is 44.0 Å². The van der Waals surface area contributed by atoms with Gasteiger partial charge >= 0.3 is 0 Å². The number of phenols is 1. The van der Waals surface area contributed by atoms with Gasteiger partial charge in [0.2, 0.25) is 0 Å². The van der Waals surface area contributed by atoms with Gasteiger partial charge in [-0.3, -0.25) is 4.90 Å². The molecule has 0 radical (unpaired) electrons. The van der Waals surface area contributed by atoms with Gasteiger partial charge in [-0.15, -0.1) is 0 Å². The number of sulfone groups is 1. The molecule has 0 bridgehead atoms. The van der Waals surface area contributed by atoms with Gasteiger partial charge in [0.15, 0.2) is 9.84 Å². The van der Waals surface area contributed by atoms with E-state index in [9.17, 15) is 13.5 Å². The highest BCUT2D eigenvalue weighted by Gasteiger charge is 2.22. The number of para-hydroxylation sites is 1. The lowest BCUT2D eigenvalue weighted by Gasteiger charge is -2.36. The average Bonchev–Trinajstić information content (AvgIpc) is 2.55. The zero-order valence-electron chi connectivity index (χ0n) is 13.7. The minimum atomic E-state index is -3.23. The number of piperazine rings is 1. The highest BCUT2D eigenvalue weighted by molar-refractivity contribution is 7.90. The smallest absolute Gasteiger partial charge is 0.177 e. The lowest BCUT2D eigenvalue weighted by Crippen LogP contribution is -2.46. The van der Waals surface area contributed by atoms with Crippen LogP contribution in [0.2, 0.25) is 0 Å². The van der Waals surface area contributed by atoms with Gasteiger partial charge in [-0.2, -0.15) is 0 Å². The van der Waals surface area contributed by atoms with E-state index in [1.807, 2.05) is 24.3 Å². The Morgan fingerprint density at radius 1 is 1.00 bits per heavy atom. The van der Waals surface area contributed by atoms with Crippen LogP contribution in [0.15, 0.2) is 53.4 Å². The molecule has 0 spiro atoms. The number of hydrogen-bond donors (Lipinski definition) is 1. The molecule has 0 aromatic heterocycles. The molecule has 3 rings (SSSR count). The molecule has 2 aromatic rings. The lowest BCUT2D eigenvalue weighted by molar-refractivity contribution is 0.249. The first-order valence-corrected chi connectivity index (χ1v) is 9.87. The van der Waals surface area contributed by atoms with Crippen LogP contribution in [0.25, 0.3) is 0 Å². The van der Waals surface area contributed by atoms with Crippen molar-refractivity contribution in [1.82, 2.24) is 4.90 Å². The number of benzene rings is 2. The maximum atomic E-state index is 12.0. The Kier molecular flexibility index (Phi) is 4.78. The lowest BCUT2D eigenvalue weighted by atomic mass is 10.2. The summed E-state index contributed by atoms with van der Waals surface area (Å²) >= 11 is 0. The summed E-state index contributed by atoms with van der Waals surface area (Å²) in [7, 11) is -3.23. The standard InChI is InChI=1S/C18H22N2O3S/c1-24(22,23)18-8-3-2-7-17(18)20-11-9-19(10-12-20)14-15-5-4-6-16(21)13-15/h2-8,13,21H,9-12,14H2,1H3. The molecule has 1 heterocycles. The van der Waals surface area contributed by atoms with Gasteiger partial charge < -0.3 is 10.0 Å². The molecule has 0 saturated carbocycles. The molecule has 5 nitrogen and oxygen atoms in total. The van der Waals surface area contributed by atoms with E-state index in [2.05, 4.69) is 9.80 Å². The molecule has 1 fully saturated rings. The second-order valence-corrected chi connectivity index (χ2v) is 8.16. The van der Waals surface area contributed by atoms with Crippen LogP contribution in [-0.4, -0.2) is 50.9 Å². The van der Waals surface area contributed by atoms with Crippen LogP contribution in [0.3, 0.4) is 0 Å². The first kappa shape index (κ1) is 16.8. The van der Waals surface area contributed by atoms with Crippen LogP contribution in [0, 0.1) is 0 Å². The molecule has 1 N–H and O–H groups in total. The topological polar surface area (TPSA) is 60.9 Å². The van der Waals surface area contributed by atoms with Crippen molar-refractivity contribution >= 4 is 15.5 Å². The Bertz CT molecular complexity index is 813. The summed E-state index contributed by atoms with van der Waals surface area (Å²) in [6.45, 7) is 4.06. The third-order valence-electron chi connectivity index (χ3n) is 4.29. The van der Waals surface area contributed by atoms with Crippen LogP contribution >= 0.6 is 0 Å². The molecule has 2 aromatic carbocycles. The Morgan fingerprint density at radius 3 is 2.38 bits per heavy atom. The van der Waals surface area contributed by atoms with E-state index in [-0.39, 0.29) is 5.75 Å². The second-order valence-electron chi connectivity index (χ2n) is 6.17. The first-order valence-electron chi connectivity index (χ1n) is 7.98. The largest absolute Gasteiger partial charge is 0.508 e. The summed E-state index contributed by atoms with van der Waals surface area (Å²) in [5.74, 6) is 0.285. The molecule has 128 valence electrons. The van der Waals surface area contributed by atoms with E-state index < -0.39 is 9.84 Å². The summed E-state index contributed by atoms with van der Waals surface area (Å²) in [5, 5.41) is 9.56. The Labute approximate surface area is 143 Å². The fourth-order valence-electron chi connectivity index (χ4n) is 3.09. The van der Waals surface area contributed by atoms with Gasteiger partial charge in [-0.05, 0) is 29.8 Å². The van der Waals surface area contributed by atoms with Crippen LogP contribution in [0.1, 0.15) is 5.56 Å². The SMILES string of the molecule is CS(=O)(=O)c1ccccc1N1CCN(Cc2cccc(O)c2)CC1. The van der Waals surface area contributed by atoms with E-state index >= 15 is 0 Å². The van der Waals surface area contributed by atoms with E-state index in [0.29, 0.717) is 4.90 Å². The van der Waals surface area contributed by atoms with E-state index in [1.165, 1.54) is 6.26 Å². The highest BCUT2D eigenvalue weighted by atomic mass is 32.2. The third kappa shape index (κ3) is 3.88. The molecule has 0 amide bonds. The molecular weight excluding hydrogens is 324 g/mol. The van der Waals surface area contributed by atoms with Gasteiger partial charge in [-0.1, -0.05) is 24.3 Å². The summed E-state index contributed by atoms with van der Waals surface area (Å²) in [6, 6.07) is 14.5. The molecule has 0 unspecified atom stereocenters. The van der Waals surface area contributed by atoms with Gasteiger partial charge in [0.05, 0.1) is 10.6 Å². The minimum absolute atomic E-state index is 0.285. The predicted molar refractivity (Wildman–Crippen MR) is 95.1 cm³/mol. The van der Waals surface area contributed by atoms with Crippen LogP contribution in [0.4, 0.5) is 5.69 Å². The molecule has 0 atom stereocenters. The highest BCUT2D eigenvalue weighted by Crippen LogP contribution is 2.26. The average molecular weight is 346 g/mol. The summed E-state index contributed by atoms with van der Waals surface area (Å²) < 4.78 is 23.9. The molecule has 1 aliphatic rings. The Morgan fingerprint density at radius 2 is 1.71 bits per heavy atom. The maximum absolute atomic E-state index is 12.0. The van der Waals surface area contributed by atoms with Crippen LogP contribution in [-0.2, 0) is 16.4 Å². The van der Waals surface area contributed by atoms with Crippen molar-refractivity contribution in [2.24, 2.45) is 0 Å². The second kappa shape index (κ2) is 6.83. The van der Waals surface area contributed by atoms with Crippen LogP contribution < -0.4 is 4.90 Å². The fraction of sp³-hybridized carbons (Fsp3) is 0.333. The minimum Gasteiger partial charge on any atom is -0.508 e. The molecule has 0 aliphatic carbocycles. The number of rotatable bonds is 4. The molecular formula is C18H22N2O3S. The van der Waals surface area contributed by atoms with Gasteiger partial charge in [-0.25, -0.2) is 8.42 Å². The van der Waals surface area contributed by atoms with E-state index in [1.54, 1.807) is 24.3 Å². The van der Waals surface area contributed by atoms with Crippen molar-refractivity contribution in [3.05, 3.63) is 54.1 Å². The first-order chi connectivity index (χ1) is 11.4.